The van der Waals surface area contributed by atoms with E-state index in [2.05, 4.69) is 4.74 Å². The van der Waals surface area contributed by atoms with Crippen LogP contribution in [0.3, 0.4) is 0 Å². The molecule has 1 fully saturated rings. The second-order valence-corrected chi connectivity index (χ2v) is 2.61. The molecule has 0 spiro atoms. The highest BCUT2D eigenvalue weighted by Gasteiger charge is 2.41. The van der Waals surface area contributed by atoms with Gasteiger partial charge in [0, 0.05) is 13.7 Å². The lowest BCUT2D eigenvalue weighted by atomic mass is 10.2. The van der Waals surface area contributed by atoms with Gasteiger partial charge in [-0.1, -0.05) is 13.8 Å². The van der Waals surface area contributed by atoms with Crippen LogP contribution in [0.2, 0.25) is 0 Å². The van der Waals surface area contributed by atoms with E-state index in [0.29, 0.717) is 0 Å². The number of halogens is 2. The summed E-state index contributed by atoms with van der Waals surface area (Å²) in [5, 5.41) is 0. The van der Waals surface area contributed by atoms with Gasteiger partial charge in [-0.05, 0) is 14.0 Å². The lowest BCUT2D eigenvalue weighted by Crippen LogP contribution is -2.53. The van der Waals surface area contributed by atoms with Crippen LogP contribution in [-0.2, 0) is 4.74 Å². The van der Waals surface area contributed by atoms with Crippen LogP contribution in [0.25, 0.3) is 0 Å². The SMILES string of the molecule is CC.CCOC.CN1CC(F)(F)C1. The van der Waals surface area contributed by atoms with E-state index in [0.717, 1.165) is 6.61 Å². The maximum absolute atomic E-state index is 11.7. The summed E-state index contributed by atoms with van der Waals surface area (Å²) in [6.45, 7) is 6.65. The highest BCUT2D eigenvalue weighted by atomic mass is 19.3. The molecule has 0 aromatic carbocycles. The number of ether oxygens (including phenoxy) is 1. The number of rotatable bonds is 1. The van der Waals surface area contributed by atoms with Gasteiger partial charge in [-0.25, -0.2) is 8.78 Å². The highest BCUT2D eigenvalue weighted by molar-refractivity contribution is 4.83. The Morgan fingerprint density at radius 1 is 1.31 bits per heavy atom. The minimum absolute atomic E-state index is 0.0625. The fraction of sp³-hybridized carbons (Fsp3) is 1.00. The first kappa shape index (κ1) is 15.3. The van der Waals surface area contributed by atoms with Gasteiger partial charge in [0.15, 0.2) is 0 Å². The molecule has 0 unspecified atom stereocenters. The molecular weight excluding hydrogens is 176 g/mol. The van der Waals surface area contributed by atoms with Crippen molar-refractivity contribution in [3.8, 4) is 0 Å². The molecule has 1 aliphatic heterocycles. The number of nitrogens with zero attached hydrogens (tertiary/aromatic N) is 1. The molecule has 13 heavy (non-hydrogen) atoms. The fourth-order valence-corrected chi connectivity index (χ4v) is 0.743. The third kappa shape index (κ3) is 9.70. The van der Waals surface area contributed by atoms with Crippen molar-refractivity contribution in [2.75, 3.05) is 33.9 Å². The smallest absolute Gasteiger partial charge is 0.272 e. The average Bonchev–Trinajstić information content (AvgIpc) is 2.05. The Morgan fingerprint density at radius 2 is 1.62 bits per heavy atom. The zero-order valence-corrected chi connectivity index (χ0v) is 9.23. The van der Waals surface area contributed by atoms with E-state index in [9.17, 15) is 8.78 Å². The van der Waals surface area contributed by atoms with Crippen molar-refractivity contribution in [1.82, 2.24) is 4.90 Å². The summed E-state index contributed by atoms with van der Waals surface area (Å²) in [5.74, 6) is -2.38. The molecule has 0 amide bonds. The monoisotopic (exact) mass is 197 g/mol. The number of hydrogen-bond donors (Lipinski definition) is 0. The normalized spacial score (nSPS) is 18.7. The Labute approximate surface area is 79.9 Å². The highest BCUT2D eigenvalue weighted by Crippen LogP contribution is 2.23. The van der Waals surface area contributed by atoms with Crippen LogP contribution in [-0.4, -0.2) is 44.7 Å². The van der Waals surface area contributed by atoms with Gasteiger partial charge >= 0.3 is 0 Å². The summed E-state index contributed by atoms with van der Waals surface area (Å²) in [6, 6.07) is 0. The largest absolute Gasteiger partial charge is 0.385 e. The Balaban J connectivity index is 0. The van der Waals surface area contributed by atoms with Gasteiger partial charge in [-0.2, -0.15) is 0 Å². The maximum Gasteiger partial charge on any atom is 0.272 e. The van der Waals surface area contributed by atoms with Crippen molar-refractivity contribution in [2.45, 2.75) is 26.7 Å². The summed E-state index contributed by atoms with van der Waals surface area (Å²) in [6.07, 6.45) is 0. The van der Waals surface area contributed by atoms with Crippen molar-refractivity contribution >= 4 is 0 Å². The van der Waals surface area contributed by atoms with Crippen LogP contribution in [0.15, 0.2) is 0 Å². The molecule has 1 heterocycles. The Kier molecular flexibility index (Phi) is 9.84. The zero-order chi connectivity index (χ0) is 10.9. The summed E-state index contributed by atoms with van der Waals surface area (Å²) < 4.78 is 28.0. The molecule has 1 rings (SSSR count). The first-order chi connectivity index (χ1) is 6.02. The first-order valence-corrected chi connectivity index (χ1v) is 4.57. The molecule has 0 radical (unpaired) electrons. The van der Waals surface area contributed by atoms with Gasteiger partial charge in [0.05, 0.1) is 13.1 Å². The molecule has 0 aliphatic carbocycles. The van der Waals surface area contributed by atoms with E-state index >= 15 is 0 Å². The lowest BCUT2D eigenvalue weighted by molar-refractivity contribution is -0.119. The molecule has 0 saturated carbocycles. The molecule has 0 aromatic rings. The second-order valence-electron chi connectivity index (χ2n) is 2.61. The molecule has 0 aromatic heterocycles. The molecule has 0 N–H and O–H groups in total. The Morgan fingerprint density at radius 3 is 1.62 bits per heavy atom. The van der Waals surface area contributed by atoms with Gasteiger partial charge in [0.25, 0.3) is 5.92 Å². The van der Waals surface area contributed by atoms with E-state index in [1.165, 1.54) is 0 Å². The molecule has 2 nitrogen and oxygen atoms in total. The van der Waals surface area contributed by atoms with Gasteiger partial charge in [0.1, 0.15) is 0 Å². The van der Waals surface area contributed by atoms with Gasteiger partial charge in [-0.15, -0.1) is 0 Å². The van der Waals surface area contributed by atoms with E-state index in [1.807, 2.05) is 20.8 Å². The molecular formula is C9H21F2NO. The molecule has 1 aliphatic rings. The summed E-state index contributed by atoms with van der Waals surface area (Å²) in [7, 11) is 3.36. The van der Waals surface area contributed by atoms with Crippen LogP contribution < -0.4 is 0 Å². The van der Waals surface area contributed by atoms with Crippen LogP contribution in [0.1, 0.15) is 20.8 Å². The van der Waals surface area contributed by atoms with Gasteiger partial charge < -0.3 is 4.74 Å². The Bertz CT molecular complexity index is 99.8. The van der Waals surface area contributed by atoms with Crippen LogP contribution in [0.4, 0.5) is 8.78 Å². The molecule has 1 saturated heterocycles. The number of likely N-dealkylation sites (tertiary alicyclic amines) is 1. The van der Waals surface area contributed by atoms with Crippen molar-refractivity contribution in [1.29, 1.82) is 0 Å². The zero-order valence-electron chi connectivity index (χ0n) is 9.23. The molecule has 82 valence electrons. The lowest BCUT2D eigenvalue weighted by Gasteiger charge is -2.35. The van der Waals surface area contributed by atoms with Gasteiger partial charge in [0.2, 0.25) is 0 Å². The number of methoxy groups -OCH3 is 1. The maximum atomic E-state index is 11.7. The summed E-state index contributed by atoms with van der Waals surface area (Å²) >= 11 is 0. The standard InChI is InChI=1S/C4H7F2N.C3H8O.C2H6/c1-7-2-4(5,6)3-7;1-3-4-2;1-2/h2-3H2,1H3;3H2,1-2H3;1-2H3. The first-order valence-electron chi connectivity index (χ1n) is 4.57. The van der Waals surface area contributed by atoms with Gasteiger partial charge in [-0.3, -0.25) is 4.90 Å². The quantitative estimate of drug-likeness (QED) is 0.639. The van der Waals surface area contributed by atoms with Crippen molar-refractivity contribution < 1.29 is 13.5 Å². The average molecular weight is 197 g/mol. The molecule has 0 atom stereocenters. The van der Waals surface area contributed by atoms with Crippen LogP contribution >= 0.6 is 0 Å². The minimum Gasteiger partial charge on any atom is -0.385 e. The third-order valence-corrected chi connectivity index (χ3v) is 1.29. The van der Waals surface area contributed by atoms with E-state index in [4.69, 9.17) is 0 Å². The van der Waals surface area contributed by atoms with Crippen molar-refractivity contribution in [3.63, 3.8) is 0 Å². The third-order valence-electron chi connectivity index (χ3n) is 1.29. The van der Waals surface area contributed by atoms with E-state index in [1.54, 1.807) is 19.1 Å². The molecule has 0 bridgehead atoms. The van der Waals surface area contributed by atoms with Crippen LogP contribution in [0.5, 0.6) is 0 Å². The second kappa shape index (κ2) is 8.38. The van der Waals surface area contributed by atoms with E-state index < -0.39 is 5.92 Å². The summed E-state index contributed by atoms with van der Waals surface area (Å²) in [4.78, 5) is 1.58. The fourth-order valence-electron chi connectivity index (χ4n) is 0.743. The number of hydrogen-bond acceptors (Lipinski definition) is 2. The predicted molar refractivity (Wildman–Crippen MR) is 51.3 cm³/mol. The summed E-state index contributed by atoms with van der Waals surface area (Å²) in [5.41, 5.74) is 0. The minimum atomic E-state index is -2.38. The van der Waals surface area contributed by atoms with Crippen LogP contribution in [0, 0.1) is 0 Å². The topological polar surface area (TPSA) is 12.5 Å². The van der Waals surface area contributed by atoms with Crippen molar-refractivity contribution in [2.24, 2.45) is 0 Å². The Hall–Kier alpha value is -0.220. The predicted octanol–water partition coefficient (Wildman–Crippen LogP) is 2.25. The van der Waals surface area contributed by atoms with E-state index in [-0.39, 0.29) is 13.1 Å². The molecule has 4 heteroatoms. The van der Waals surface area contributed by atoms with Crippen molar-refractivity contribution in [3.05, 3.63) is 0 Å². The number of alkyl halides is 2.